The summed E-state index contributed by atoms with van der Waals surface area (Å²) in [5.74, 6) is 0.367. The van der Waals surface area contributed by atoms with E-state index in [1.807, 2.05) is 4.68 Å². The molecule has 0 amide bonds. The smallest absolute Gasteiger partial charge is 0.269 e. The molecule has 22 heavy (non-hydrogen) atoms. The van der Waals surface area contributed by atoms with E-state index < -0.39 is 4.92 Å². The third-order valence-electron chi connectivity index (χ3n) is 3.89. The normalized spacial score (nSPS) is 11.1. The Morgan fingerprint density at radius 2 is 1.91 bits per heavy atom. The molecule has 0 saturated carbocycles. The summed E-state index contributed by atoms with van der Waals surface area (Å²) in [5.41, 5.74) is 8.71. The van der Waals surface area contributed by atoms with E-state index in [1.54, 1.807) is 12.1 Å². The van der Waals surface area contributed by atoms with Gasteiger partial charge >= 0.3 is 0 Å². The lowest BCUT2D eigenvalue weighted by Gasteiger charge is -2.15. The van der Waals surface area contributed by atoms with Crippen molar-refractivity contribution in [2.45, 2.75) is 45.7 Å². The van der Waals surface area contributed by atoms with Crippen molar-refractivity contribution >= 4 is 5.69 Å². The summed E-state index contributed by atoms with van der Waals surface area (Å²) in [6, 6.07) is 6.51. The molecule has 0 aliphatic heterocycles. The first-order valence-electron chi connectivity index (χ1n) is 7.46. The van der Waals surface area contributed by atoms with Crippen molar-refractivity contribution in [2.75, 3.05) is 0 Å². The average molecular weight is 303 g/mol. The summed E-state index contributed by atoms with van der Waals surface area (Å²) >= 11 is 0. The van der Waals surface area contributed by atoms with Gasteiger partial charge in [0.25, 0.3) is 5.69 Å². The predicted octanol–water partition coefficient (Wildman–Crippen LogP) is 2.60. The van der Waals surface area contributed by atoms with Gasteiger partial charge in [0.2, 0.25) is 0 Å². The van der Waals surface area contributed by atoms with E-state index in [0.717, 1.165) is 29.8 Å². The highest BCUT2D eigenvalue weighted by Gasteiger charge is 2.19. The van der Waals surface area contributed by atoms with E-state index in [1.165, 1.54) is 12.1 Å². The number of nitrogens with zero attached hydrogens (tertiary/aromatic N) is 4. The molecule has 7 heteroatoms. The van der Waals surface area contributed by atoms with Crippen LogP contribution >= 0.6 is 0 Å². The van der Waals surface area contributed by atoms with Crippen molar-refractivity contribution in [1.29, 1.82) is 0 Å². The molecule has 2 N–H and O–H groups in total. The highest BCUT2D eigenvalue weighted by molar-refractivity contribution is 5.33. The Bertz CT molecular complexity index is 632. The lowest BCUT2D eigenvalue weighted by Crippen LogP contribution is -2.12. The molecule has 0 atom stereocenters. The number of aromatic nitrogens is 3. The zero-order valence-corrected chi connectivity index (χ0v) is 12.9. The van der Waals surface area contributed by atoms with Crippen LogP contribution in [0.1, 0.15) is 49.6 Å². The number of nitro groups is 1. The number of rotatable bonds is 7. The van der Waals surface area contributed by atoms with Crippen molar-refractivity contribution in [3.63, 3.8) is 0 Å². The minimum absolute atomic E-state index is 0.0882. The van der Waals surface area contributed by atoms with Gasteiger partial charge in [-0.3, -0.25) is 10.1 Å². The van der Waals surface area contributed by atoms with Gasteiger partial charge in [0, 0.05) is 24.6 Å². The molecule has 0 saturated heterocycles. The Morgan fingerprint density at radius 1 is 1.27 bits per heavy atom. The maximum Gasteiger partial charge on any atom is 0.269 e. The molecule has 0 radical (unpaired) electrons. The maximum absolute atomic E-state index is 10.7. The molecular weight excluding hydrogens is 282 g/mol. The minimum Gasteiger partial charge on any atom is -0.325 e. The topological polar surface area (TPSA) is 99.9 Å². The molecule has 7 nitrogen and oxygen atoms in total. The van der Waals surface area contributed by atoms with E-state index in [4.69, 9.17) is 5.73 Å². The zero-order chi connectivity index (χ0) is 16.1. The van der Waals surface area contributed by atoms with Crippen LogP contribution in [0, 0.1) is 10.1 Å². The van der Waals surface area contributed by atoms with E-state index in [-0.39, 0.29) is 5.69 Å². The van der Waals surface area contributed by atoms with E-state index in [9.17, 15) is 10.1 Å². The quantitative estimate of drug-likeness (QED) is 0.626. The van der Waals surface area contributed by atoms with Crippen LogP contribution in [0.15, 0.2) is 24.3 Å². The van der Waals surface area contributed by atoms with Gasteiger partial charge in [0.1, 0.15) is 0 Å². The fourth-order valence-corrected chi connectivity index (χ4v) is 2.64. The van der Waals surface area contributed by atoms with Gasteiger partial charge in [0.05, 0.1) is 22.9 Å². The molecule has 0 fully saturated rings. The first-order valence-corrected chi connectivity index (χ1v) is 7.46. The first kappa shape index (κ1) is 16.1. The third kappa shape index (κ3) is 3.30. The standard InChI is InChI=1S/C15H21N5O2/c1-3-12(4-2)15-14(9-16)17-18-19(15)10-11-5-7-13(8-6-11)20(21)22/h5-8,12H,3-4,9-10,16H2,1-2H3. The van der Waals surface area contributed by atoms with Gasteiger partial charge in [-0.15, -0.1) is 5.10 Å². The molecule has 0 bridgehead atoms. The van der Waals surface area contributed by atoms with Crippen molar-refractivity contribution in [3.05, 3.63) is 51.3 Å². The van der Waals surface area contributed by atoms with Crippen LogP contribution in [0.4, 0.5) is 5.69 Å². The van der Waals surface area contributed by atoms with Crippen molar-refractivity contribution < 1.29 is 4.92 Å². The summed E-state index contributed by atoms with van der Waals surface area (Å²) in [6.07, 6.45) is 1.99. The molecule has 2 aromatic rings. The summed E-state index contributed by atoms with van der Waals surface area (Å²) in [7, 11) is 0. The van der Waals surface area contributed by atoms with Crippen LogP contribution in [0.2, 0.25) is 0 Å². The number of benzene rings is 1. The predicted molar refractivity (Wildman–Crippen MR) is 83.4 cm³/mol. The van der Waals surface area contributed by atoms with Crippen LogP contribution in [0.3, 0.4) is 0 Å². The van der Waals surface area contributed by atoms with Crippen LogP contribution in [-0.2, 0) is 13.1 Å². The van der Waals surface area contributed by atoms with Crippen LogP contribution < -0.4 is 5.73 Å². The fraction of sp³-hybridized carbons (Fsp3) is 0.467. The zero-order valence-electron chi connectivity index (χ0n) is 12.9. The molecule has 0 aliphatic carbocycles. The molecule has 1 aromatic carbocycles. The first-order chi connectivity index (χ1) is 10.6. The largest absolute Gasteiger partial charge is 0.325 e. The SMILES string of the molecule is CCC(CC)c1c(CN)nnn1Cc1ccc([N+](=O)[O-])cc1. The lowest BCUT2D eigenvalue weighted by molar-refractivity contribution is -0.384. The van der Waals surface area contributed by atoms with E-state index in [0.29, 0.717) is 19.0 Å². The van der Waals surface area contributed by atoms with Crippen LogP contribution in [-0.4, -0.2) is 19.9 Å². The van der Waals surface area contributed by atoms with Gasteiger partial charge in [0.15, 0.2) is 0 Å². The minimum atomic E-state index is -0.401. The van der Waals surface area contributed by atoms with Crippen molar-refractivity contribution in [1.82, 2.24) is 15.0 Å². The highest BCUT2D eigenvalue weighted by atomic mass is 16.6. The molecule has 0 aliphatic rings. The summed E-state index contributed by atoms with van der Waals surface area (Å²) in [4.78, 5) is 10.3. The number of hydrogen-bond acceptors (Lipinski definition) is 5. The monoisotopic (exact) mass is 303 g/mol. The van der Waals surface area contributed by atoms with Gasteiger partial charge < -0.3 is 5.73 Å². The van der Waals surface area contributed by atoms with Crippen molar-refractivity contribution in [2.24, 2.45) is 5.73 Å². The second kappa shape index (κ2) is 7.13. The molecule has 2 rings (SSSR count). The number of nitro benzene ring substituents is 1. The highest BCUT2D eigenvalue weighted by Crippen LogP contribution is 2.25. The molecule has 1 aromatic heterocycles. The van der Waals surface area contributed by atoms with E-state index >= 15 is 0 Å². The maximum atomic E-state index is 10.7. The number of non-ortho nitro benzene ring substituents is 1. The molecule has 0 spiro atoms. The fourth-order valence-electron chi connectivity index (χ4n) is 2.64. The number of hydrogen-bond donors (Lipinski definition) is 1. The third-order valence-corrected chi connectivity index (χ3v) is 3.89. The molecule has 0 unspecified atom stereocenters. The molecular formula is C15H21N5O2. The van der Waals surface area contributed by atoms with Crippen LogP contribution in [0.5, 0.6) is 0 Å². The summed E-state index contributed by atoms with van der Waals surface area (Å²) in [6.45, 7) is 5.18. The second-order valence-electron chi connectivity index (χ2n) is 5.22. The Labute approximate surface area is 129 Å². The average Bonchev–Trinajstić information content (AvgIpc) is 2.92. The van der Waals surface area contributed by atoms with Gasteiger partial charge in [-0.25, -0.2) is 4.68 Å². The van der Waals surface area contributed by atoms with Gasteiger partial charge in [-0.05, 0) is 18.4 Å². The molecule has 118 valence electrons. The summed E-state index contributed by atoms with van der Waals surface area (Å²) < 4.78 is 1.86. The Kier molecular flexibility index (Phi) is 5.21. The van der Waals surface area contributed by atoms with E-state index in [2.05, 4.69) is 24.2 Å². The van der Waals surface area contributed by atoms with Crippen molar-refractivity contribution in [3.8, 4) is 0 Å². The summed E-state index contributed by atoms with van der Waals surface area (Å²) in [5, 5.41) is 19.1. The van der Waals surface area contributed by atoms with Gasteiger partial charge in [-0.1, -0.05) is 31.2 Å². The van der Waals surface area contributed by atoms with Crippen LogP contribution in [0.25, 0.3) is 0 Å². The Balaban J connectivity index is 2.29. The number of nitrogens with two attached hydrogens (primary N) is 1. The Morgan fingerprint density at radius 3 is 2.41 bits per heavy atom. The molecule has 1 heterocycles. The second-order valence-corrected chi connectivity index (χ2v) is 5.22. The lowest BCUT2D eigenvalue weighted by atomic mass is 9.97. The van der Waals surface area contributed by atoms with Gasteiger partial charge in [-0.2, -0.15) is 0 Å². The Hall–Kier alpha value is -2.28.